The van der Waals surface area contributed by atoms with Gasteiger partial charge in [-0.3, -0.25) is 4.99 Å². The zero-order valence-corrected chi connectivity index (χ0v) is 9.88. The van der Waals surface area contributed by atoms with Crippen molar-refractivity contribution < 1.29 is 5.11 Å². The molecule has 15 heavy (non-hydrogen) atoms. The van der Waals surface area contributed by atoms with Gasteiger partial charge in [-0.15, -0.1) is 11.3 Å². The topological polar surface area (TPSA) is 45.5 Å². The lowest BCUT2D eigenvalue weighted by Gasteiger charge is -2.29. The Morgan fingerprint density at radius 2 is 2.13 bits per heavy atom. The molecule has 0 aromatic carbocycles. The molecule has 0 fully saturated rings. The number of nitrogens with zero attached hydrogens (tertiary/aromatic N) is 2. The molecule has 0 bridgehead atoms. The summed E-state index contributed by atoms with van der Waals surface area (Å²) in [5, 5.41) is 13.1. The van der Waals surface area contributed by atoms with Gasteiger partial charge in [-0.2, -0.15) is 0 Å². The fraction of sp³-hybridized carbons (Fsp3) is 0.455. The van der Waals surface area contributed by atoms with E-state index >= 15 is 0 Å². The number of hydrogen-bond donors (Lipinski definition) is 1. The van der Waals surface area contributed by atoms with Gasteiger partial charge in [-0.05, 0) is 6.08 Å². The molecule has 2 rings (SSSR count). The summed E-state index contributed by atoms with van der Waals surface area (Å²) in [4.78, 5) is 8.44. The van der Waals surface area contributed by atoms with Crippen LogP contribution in [0.1, 0.15) is 25.8 Å². The van der Waals surface area contributed by atoms with Crippen LogP contribution in [0.2, 0.25) is 0 Å². The van der Waals surface area contributed by atoms with Crippen LogP contribution in [-0.4, -0.2) is 15.8 Å². The van der Waals surface area contributed by atoms with Crippen molar-refractivity contribution in [1.82, 2.24) is 4.98 Å². The number of thiazole rings is 1. The van der Waals surface area contributed by atoms with Gasteiger partial charge in [0.2, 0.25) is 0 Å². The van der Waals surface area contributed by atoms with Crippen LogP contribution in [0.25, 0.3) is 0 Å². The van der Waals surface area contributed by atoms with Crippen molar-refractivity contribution in [3.8, 4) is 0 Å². The third kappa shape index (κ3) is 1.64. The second-order valence-electron chi connectivity index (χ2n) is 4.65. The number of rotatable bonds is 1. The summed E-state index contributed by atoms with van der Waals surface area (Å²) in [5.74, 6) is 0. The largest absolute Gasteiger partial charge is 0.373 e. The zero-order chi connectivity index (χ0) is 11.1. The van der Waals surface area contributed by atoms with Crippen LogP contribution in [-0.2, 0) is 5.60 Å². The Kier molecular flexibility index (Phi) is 2.28. The minimum Gasteiger partial charge on any atom is -0.373 e. The van der Waals surface area contributed by atoms with Crippen molar-refractivity contribution in [2.75, 3.05) is 0 Å². The van der Waals surface area contributed by atoms with E-state index in [2.05, 4.69) is 9.98 Å². The monoisotopic (exact) mass is 222 g/mol. The van der Waals surface area contributed by atoms with Gasteiger partial charge in [0.25, 0.3) is 0 Å². The first kappa shape index (κ1) is 10.5. The van der Waals surface area contributed by atoms with Crippen molar-refractivity contribution in [3.63, 3.8) is 0 Å². The van der Waals surface area contributed by atoms with Crippen molar-refractivity contribution >= 4 is 17.0 Å². The van der Waals surface area contributed by atoms with Crippen molar-refractivity contribution in [2.24, 2.45) is 10.4 Å². The van der Waals surface area contributed by atoms with Crippen LogP contribution in [0.4, 0.5) is 0 Å². The summed E-state index contributed by atoms with van der Waals surface area (Å²) in [6, 6.07) is 0. The molecule has 1 aromatic heterocycles. The van der Waals surface area contributed by atoms with E-state index in [0.29, 0.717) is 5.01 Å². The molecule has 1 unspecified atom stereocenters. The number of aromatic nitrogens is 1. The lowest BCUT2D eigenvalue weighted by molar-refractivity contribution is 0.156. The minimum absolute atomic E-state index is 0.163. The molecule has 0 radical (unpaired) electrons. The Balaban J connectivity index is 2.46. The Labute approximate surface area is 93.2 Å². The molecule has 0 aliphatic carbocycles. The highest BCUT2D eigenvalue weighted by molar-refractivity contribution is 7.09. The average Bonchev–Trinajstić information content (AvgIpc) is 2.69. The van der Waals surface area contributed by atoms with E-state index in [0.717, 1.165) is 5.71 Å². The van der Waals surface area contributed by atoms with Gasteiger partial charge in [0.15, 0.2) is 5.60 Å². The van der Waals surface area contributed by atoms with Crippen LogP contribution < -0.4 is 0 Å². The average molecular weight is 222 g/mol. The van der Waals surface area contributed by atoms with Crippen molar-refractivity contribution in [1.29, 1.82) is 0 Å². The van der Waals surface area contributed by atoms with E-state index in [1.165, 1.54) is 11.3 Å². The molecule has 1 aromatic rings. The molecule has 1 aliphatic rings. The maximum absolute atomic E-state index is 10.6. The van der Waals surface area contributed by atoms with Gasteiger partial charge in [-0.25, -0.2) is 4.98 Å². The predicted octanol–water partition coefficient (Wildman–Crippen LogP) is 2.35. The Morgan fingerprint density at radius 1 is 1.40 bits per heavy atom. The highest BCUT2D eigenvalue weighted by Gasteiger charge is 2.43. The van der Waals surface area contributed by atoms with Crippen LogP contribution in [0.15, 0.2) is 28.8 Å². The summed E-state index contributed by atoms with van der Waals surface area (Å²) in [6.07, 6.45) is 5.05. The number of hydrogen-bond acceptors (Lipinski definition) is 4. The lowest BCUT2D eigenvalue weighted by Crippen LogP contribution is -2.39. The van der Waals surface area contributed by atoms with Gasteiger partial charge >= 0.3 is 0 Å². The van der Waals surface area contributed by atoms with Gasteiger partial charge < -0.3 is 5.11 Å². The van der Waals surface area contributed by atoms with Crippen molar-refractivity contribution in [2.45, 2.75) is 26.4 Å². The predicted molar refractivity (Wildman–Crippen MR) is 62.0 cm³/mol. The molecule has 0 saturated carbocycles. The van der Waals surface area contributed by atoms with E-state index < -0.39 is 5.60 Å². The summed E-state index contributed by atoms with van der Waals surface area (Å²) in [6.45, 7) is 6.12. The first-order valence-corrected chi connectivity index (χ1v) is 5.71. The minimum atomic E-state index is -1.10. The smallest absolute Gasteiger partial charge is 0.175 e. The fourth-order valence-electron chi connectivity index (χ4n) is 1.75. The highest BCUT2D eigenvalue weighted by Crippen LogP contribution is 2.37. The summed E-state index contributed by atoms with van der Waals surface area (Å²) in [5.41, 5.74) is -0.513. The SMILES string of the molecule is CC(C)(C)C1=NC=CC1(O)c1nccs1. The lowest BCUT2D eigenvalue weighted by atomic mass is 9.80. The van der Waals surface area contributed by atoms with Gasteiger partial charge in [0, 0.05) is 23.2 Å². The fourth-order valence-corrected chi connectivity index (χ4v) is 2.46. The van der Waals surface area contributed by atoms with Crippen LogP contribution in [0.3, 0.4) is 0 Å². The standard InChI is InChI=1S/C11H14N2OS/c1-10(2,3)8-11(14,4-5-12-8)9-13-6-7-15-9/h4-7,14H,1-3H3. The molecule has 1 aliphatic heterocycles. The first-order valence-electron chi connectivity index (χ1n) is 4.83. The maximum Gasteiger partial charge on any atom is 0.175 e. The maximum atomic E-state index is 10.6. The van der Waals surface area contributed by atoms with E-state index in [1.54, 1.807) is 18.5 Å². The Bertz CT molecular complexity index is 414. The Hall–Kier alpha value is -1.00. The molecular weight excluding hydrogens is 208 g/mol. The van der Waals surface area contributed by atoms with Crippen molar-refractivity contribution in [3.05, 3.63) is 28.9 Å². The molecule has 4 heteroatoms. The Morgan fingerprint density at radius 3 is 2.67 bits per heavy atom. The molecule has 0 amide bonds. The second-order valence-corrected chi connectivity index (χ2v) is 5.54. The van der Waals surface area contributed by atoms with Gasteiger partial charge in [0.05, 0.1) is 5.71 Å². The highest BCUT2D eigenvalue weighted by atomic mass is 32.1. The molecule has 0 spiro atoms. The third-order valence-corrected chi connectivity index (χ3v) is 3.25. The first-order chi connectivity index (χ1) is 6.94. The summed E-state index contributed by atoms with van der Waals surface area (Å²) in [7, 11) is 0. The molecule has 1 atom stereocenters. The van der Waals surface area contributed by atoms with Crippen LogP contribution in [0, 0.1) is 5.41 Å². The zero-order valence-electron chi connectivity index (χ0n) is 9.06. The van der Waals surface area contributed by atoms with E-state index in [9.17, 15) is 5.11 Å². The normalized spacial score (nSPS) is 25.7. The quantitative estimate of drug-likeness (QED) is 0.792. The van der Waals surface area contributed by atoms with Gasteiger partial charge in [0.1, 0.15) is 5.01 Å². The van der Waals surface area contributed by atoms with E-state index in [-0.39, 0.29) is 5.41 Å². The van der Waals surface area contributed by atoms with Gasteiger partial charge in [-0.1, -0.05) is 20.8 Å². The summed E-state index contributed by atoms with van der Waals surface area (Å²) < 4.78 is 0. The van der Waals surface area contributed by atoms with E-state index in [1.807, 2.05) is 26.2 Å². The van der Waals surface area contributed by atoms with E-state index in [4.69, 9.17) is 0 Å². The van der Waals surface area contributed by atoms with Crippen LogP contribution >= 0.6 is 11.3 Å². The second kappa shape index (κ2) is 3.25. The summed E-state index contributed by atoms with van der Waals surface area (Å²) >= 11 is 1.45. The molecule has 3 nitrogen and oxygen atoms in total. The molecular formula is C11H14N2OS. The molecule has 1 N–H and O–H groups in total. The number of aliphatic imine (C=N–C) groups is 1. The third-order valence-electron chi connectivity index (χ3n) is 2.35. The molecule has 80 valence electrons. The molecule has 0 saturated heterocycles. The van der Waals surface area contributed by atoms with Crippen LogP contribution in [0.5, 0.6) is 0 Å². The molecule has 2 heterocycles. The number of aliphatic hydroxyl groups is 1.